The zero-order valence-corrected chi connectivity index (χ0v) is 15.8. The Morgan fingerprint density at radius 3 is 1.92 bits per heavy atom. The lowest BCUT2D eigenvalue weighted by Gasteiger charge is -2.24. The van der Waals surface area contributed by atoms with E-state index in [1.54, 1.807) is 48.6 Å². The van der Waals surface area contributed by atoms with Crippen LogP contribution in [0.4, 0.5) is 9.59 Å². The van der Waals surface area contributed by atoms with Gasteiger partial charge in [-0.25, -0.2) is 9.59 Å². The molecule has 0 atom stereocenters. The minimum absolute atomic E-state index is 0.0178. The minimum Gasteiger partial charge on any atom is -0.444 e. The predicted molar refractivity (Wildman–Crippen MR) is 91.0 cm³/mol. The van der Waals surface area contributed by atoms with Crippen LogP contribution in [-0.4, -0.2) is 53.6 Å². The van der Waals surface area contributed by atoms with Crippen molar-refractivity contribution in [2.45, 2.75) is 66.1 Å². The number of Topliss-reactive ketones (excluding diaryl/α,β-unsaturated/α-hetero) is 1. The predicted octanol–water partition coefficient (Wildman–Crippen LogP) is 2.71. The second kappa shape index (κ2) is 8.65. The molecule has 2 amide bonds. The second-order valence-corrected chi connectivity index (χ2v) is 7.42. The van der Waals surface area contributed by atoms with Gasteiger partial charge >= 0.3 is 12.2 Å². The largest absolute Gasteiger partial charge is 0.444 e. The van der Waals surface area contributed by atoms with Gasteiger partial charge in [-0.05, 0) is 48.5 Å². The van der Waals surface area contributed by atoms with Crippen LogP contribution in [0, 0.1) is 0 Å². The molecule has 0 aromatic heterocycles. The van der Waals surface area contributed by atoms with E-state index in [-0.39, 0.29) is 24.7 Å². The third kappa shape index (κ3) is 11.4. The Bertz CT molecular complexity index is 501. The fourth-order valence-electron chi connectivity index (χ4n) is 1.41. The van der Waals surface area contributed by atoms with Gasteiger partial charge in [-0.15, -0.1) is 4.99 Å². The maximum atomic E-state index is 11.9. The molecule has 0 aromatic carbocycles. The molecule has 0 aliphatic rings. The first-order valence-electron chi connectivity index (χ1n) is 7.72. The minimum atomic E-state index is -0.844. The summed E-state index contributed by atoms with van der Waals surface area (Å²) in [5, 5.41) is 2.42. The summed E-state index contributed by atoms with van der Waals surface area (Å²) in [6.45, 7) is 12.0. The first-order valence-corrected chi connectivity index (χ1v) is 7.72. The van der Waals surface area contributed by atoms with Gasteiger partial charge < -0.3 is 14.4 Å². The Morgan fingerprint density at radius 1 is 1.00 bits per heavy atom. The molecule has 0 aliphatic heterocycles. The molecule has 0 saturated heterocycles. The van der Waals surface area contributed by atoms with Crippen molar-refractivity contribution in [3.8, 4) is 0 Å². The van der Waals surface area contributed by atoms with E-state index in [0.717, 1.165) is 0 Å². The third-order valence-corrected chi connectivity index (χ3v) is 2.36. The summed E-state index contributed by atoms with van der Waals surface area (Å²) in [6.07, 6.45) is -1.34. The highest BCUT2D eigenvalue weighted by Crippen LogP contribution is 2.09. The molecule has 0 aromatic rings. The number of nitrogens with zero attached hydrogens (tertiary/aromatic N) is 2. The summed E-state index contributed by atoms with van der Waals surface area (Å²) in [5.41, 5.74) is -1.41. The van der Waals surface area contributed by atoms with Gasteiger partial charge in [0.25, 0.3) is 0 Å². The van der Waals surface area contributed by atoms with Gasteiger partial charge in [-0.1, -0.05) is 0 Å². The van der Waals surface area contributed by atoms with Crippen LogP contribution in [0.1, 0.15) is 54.9 Å². The number of ketones is 1. The van der Waals surface area contributed by atoms with Gasteiger partial charge in [0.15, 0.2) is 0 Å². The van der Waals surface area contributed by atoms with Crippen molar-refractivity contribution < 1.29 is 23.9 Å². The molecule has 0 saturated carbocycles. The highest BCUT2D eigenvalue weighted by Gasteiger charge is 2.22. The van der Waals surface area contributed by atoms with E-state index < -0.39 is 23.4 Å². The van der Waals surface area contributed by atoms with Crippen LogP contribution in [0.3, 0.4) is 0 Å². The average Bonchev–Trinajstić information content (AvgIpc) is 2.30. The number of hydrogen-bond donors (Lipinski definition) is 1. The summed E-state index contributed by atoms with van der Waals surface area (Å²) in [6, 6.07) is 0. The van der Waals surface area contributed by atoms with Crippen LogP contribution in [0.15, 0.2) is 4.99 Å². The van der Waals surface area contributed by atoms with Gasteiger partial charge in [0.2, 0.25) is 5.96 Å². The average molecular weight is 343 g/mol. The molecular formula is C16H29N3O5. The number of amides is 2. The fraction of sp³-hybridized carbons (Fsp3) is 0.750. The molecule has 0 bridgehead atoms. The summed E-state index contributed by atoms with van der Waals surface area (Å²) in [5.74, 6) is -0.0597. The maximum absolute atomic E-state index is 11.9. The highest BCUT2D eigenvalue weighted by molar-refractivity contribution is 5.98. The van der Waals surface area contributed by atoms with Crippen LogP contribution >= 0.6 is 0 Å². The number of carbonyl (C=O) groups excluding carboxylic acids is 3. The summed E-state index contributed by atoms with van der Waals surface area (Å²) in [7, 11) is 1.60. The monoisotopic (exact) mass is 343 g/mol. The molecule has 8 heteroatoms. The first-order chi connectivity index (χ1) is 10.7. The van der Waals surface area contributed by atoms with Crippen molar-refractivity contribution in [1.29, 1.82) is 0 Å². The van der Waals surface area contributed by atoms with E-state index in [2.05, 4.69) is 10.3 Å². The topological polar surface area (TPSA) is 97.3 Å². The lowest BCUT2D eigenvalue weighted by atomic mass is 10.2. The second-order valence-electron chi connectivity index (χ2n) is 7.42. The highest BCUT2D eigenvalue weighted by atomic mass is 16.6. The molecule has 0 spiro atoms. The van der Waals surface area contributed by atoms with Gasteiger partial charge in [0.05, 0.1) is 0 Å². The Labute approximate surface area is 143 Å². The Balaban J connectivity index is 5.17. The number of aliphatic imine (C=N–C) groups is 1. The SMILES string of the molecule is CC(=O)CCN(C)C(=NC(=O)OC(C)(C)C)NC(=O)OC(C)(C)C. The summed E-state index contributed by atoms with van der Waals surface area (Å²) in [4.78, 5) is 40.2. The van der Waals surface area contributed by atoms with Crippen molar-refractivity contribution >= 4 is 23.9 Å². The molecule has 8 nitrogen and oxygen atoms in total. The van der Waals surface area contributed by atoms with E-state index in [1.807, 2.05) is 0 Å². The smallest absolute Gasteiger partial charge is 0.437 e. The number of hydrogen-bond acceptors (Lipinski definition) is 5. The third-order valence-electron chi connectivity index (χ3n) is 2.36. The van der Waals surface area contributed by atoms with Crippen LogP contribution in [0.2, 0.25) is 0 Å². The van der Waals surface area contributed by atoms with Crippen LogP contribution in [0.25, 0.3) is 0 Å². The molecule has 0 heterocycles. The number of carbonyl (C=O) groups is 3. The molecular weight excluding hydrogens is 314 g/mol. The van der Waals surface area contributed by atoms with Crippen molar-refractivity contribution in [3.63, 3.8) is 0 Å². The Hall–Kier alpha value is -2.12. The molecule has 1 N–H and O–H groups in total. The van der Waals surface area contributed by atoms with Crippen LogP contribution < -0.4 is 5.32 Å². The zero-order chi connectivity index (χ0) is 19.1. The lowest BCUT2D eigenvalue weighted by molar-refractivity contribution is -0.117. The quantitative estimate of drug-likeness (QED) is 0.625. The van der Waals surface area contributed by atoms with Gasteiger partial charge in [-0.2, -0.15) is 0 Å². The first kappa shape index (κ1) is 21.9. The van der Waals surface area contributed by atoms with Crippen molar-refractivity contribution in [3.05, 3.63) is 0 Å². The molecule has 0 fully saturated rings. The van der Waals surface area contributed by atoms with Gasteiger partial charge in [0, 0.05) is 20.0 Å². The van der Waals surface area contributed by atoms with E-state index in [9.17, 15) is 14.4 Å². The zero-order valence-electron chi connectivity index (χ0n) is 15.8. The van der Waals surface area contributed by atoms with E-state index in [0.29, 0.717) is 0 Å². The fourth-order valence-corrected chi connectivity index (χ4v) is 1.41. The maximum Gasteiger partial charge on any atom is 0.437 e. The van der Waals surface area contributed by atoms with Crippen molar-refractivity contribution in [2.24, 2.45) is 4.99 Å². The van der Waals surface area contributed by atoms with Gasteiger partial charge in [-0.3, -0.25) is 10.1 Å². The molecule has 0 unspecified atom stereocenters. The Morgan fingerprint density at radius 2 is 1.50 bits per heavy atom. The normalized spacial score (nSPS) is 12.4. The molecule has 0 radical (unpaired) electrons. The lowest BCUT2D eigenvalue weighted by Crippen LogP contribution is -2.45. The molecule has 0 aliphatic carbocycles. The number of alkyl carbamates (subject to hydrolysis) is 1. The summed E-state index contributed by atoms with van der Waals surface area (Å²) >= 11 is 0. The number of guanidine groups is 1. The standard InChI is InChI=1S/C16H29N3O5/c1-11(20)9-10-19(8)12(17-13(21)23-15(2,3)4)18-14(22)24-16(5,6)7/h9-10H2,1-8H3,(H,17,18,21,22). The van der Waals surface area contributed by atoms with Crippen molar-refractivity contribution in [1.82, 2.24) is 10.2 Å². The molecule has 138 valence electrons. The van der Waals surface area contributed by atoms with Crippen LogP contribution in [0.5, 0.6) is 0 Å². The van der Waals surface area contributed by atoms with Crippen LogP contribution in [-0.2, 0) is 14.3 Å². The van der Waals surface area contributed by atoms with E-state index in [1.165, 1.54) is 11.8 Å². The molecule has 24 heavy (non-hydrogen) atoms. The molecule has 0 rings (SSSR count). The number of nitrogens with one attached hydrogen (secondary N) is 1. The van der Waals surface area contributed by atoms with Gasteiger partial charge in [0.1, 0.15) is 17.0 Å². The van der Waals surface area contributed by atoms with E-state index in [4.69, 9.17) is 9.47 Å². The van der Waals surface area contributed by atoms with E-state index >= 15 is 0 Å². The van der Waals surface area contributed by atoms with Crippen molar-refractivity contribution in [2.75, 3.05) is 13.6 Å². The summed E-state index contributed by atoms with van der Waals surface area (Å²) < 4.78 is 10.3. The Kier molecular flexibility index (Phi) is 7.89. The number of rotatable bonds is 3. The number of ether oxygens (including phenoxy) is 2.